The van der Waals surface area contributed by atoms with Crippen LogP contribution in [-0.2, 0) is 23.2 Å². The Morgan fingerprint density at radius 1 is 1.44 bits per heavy atom. The average Bonchev–Trinajstić information content (AvgIpc) is 2.95. The first-order valence-electron chi connectivity index (χ1n) is 5.10. The quantitative estimate of drug-likeness (QED) is 0.877. The fourth-order valence-corrected chi connectivity index (χ4v) is 4.57. The molecule has 0 amide bonds. The Balaban J connectivity index is 2.17. The molecule has 2 aromatic rings. The van der Waals surface area contributed by atoms with Crippen LogP contribution in [0.5, 0.6) is 0 Å². The Morgan fingerprint density at radius 2 is 2.22 bits per heavy atom. The molecule has 0 aromatic carbocycles. The Bertz CT molecular complexity index is 617. The smallest absolute Gasteiger partial charge is 0.242 e. The highest BCUT2D eigenvalue weighted by molar-refractivity contribution is 7.89. The normalized spacial score (nSPS) is 11.9. The summed E-state index contributed by atoms with van der Waals surface area (Å²) < 4.78 is 26.7. The summed E-state index contributed by atoms with van der Waals surface area (Å²) in [6.07, 6.45) is 1.63. The molecule has 2 rings (SSSR count). The lowest BCUT2D eigenvalue weighted by Crippen LogP contribution is -2.22. The minimum atomic E-state index is -3.53. The lowest BCUT2D eigenvalue weighted by molar-refractivity contribution is 0.285. The highest BCUT2D eigenvalue weighted by atomic mass is 32.2. The molecule has 2 aromatic heterocycles. The molecule has 5 nitrogen and oxygen atoms in total. The second-order valence-electron chi connectivity index (χ2n) is 3.58. The molecule has 0 unspecified atom stereocenters. The van der Waals surface area contributed by atoms with E-state index in [1.54, 1.807) is 18.6 Å². The largest absolute Gasteiger partial charge is 0.391 e. The van der Waals surface area contributed by atoms with Gasteiger partial charge in [-0.3, -0.25) is 4.98 Å². The molecule has 0 saturated carbocycles. The molecule has 0 radical (unpaired) electrons. The summed E-state index contributed by atoms with van der Waals surface area (Å²) in [7, 11) is -3.53. The molecule has 0 fully saturated rings. The molecule has 2 N–H and O–H groups in total. The third-order valence-corrected chi connectivity index (χ3v) is 5.76. The van der Waals surface area contributed by atoms with Crippen molar-refractivity contribution in [1.29, 1.82) is 0 Å². The van der Waals surface area contributed by atoms with Gasteiger partial charge in [-0.25, -0.2) is 13.1 Å². The van der Waals surface area contributed by atoms with Gasteiger partial charge in [-0.1, -0.05) is 0 Å². The molecule has 8 heteroatoms. The molecular weight excluding hydrogens is 292 g/mol. The first kappa shape index (κ1) is 13.6. The van der Waals surface area contributed by atoms with Crippen molar-refractivity contribution in [2.45, 2.75) is 25.0 Å². The predicted octanol–water partition coefficient (Wildman–Crippen LogP) is 1.48. The Morgan fingerprint density at radius 3 is 2.78 bits per heavy atom. The summed E-state index contributed by atoms with van der Waals surface area (Å²) in [6.45, 7) is 1.82. The standard InChI is InChI=1S/C10H12N2O3S3/c1-7-10(2-8(5-13)17-7)18(14,15)12-4-9-3-11-6-16-9/h2-3,6,12-13H,4-5H2,1H3. The van der Waals surface area contributed by atoms with Gasteiger partial charge in [-0.2, -0.15) is 0 Å². The van der Waals surface area contributed by atoms with Crippen LogP contribution in [0.15, 0.2) is 22.7 Å². The lowest BCUT2D eigenvalue weighted by atomic mass is 10.4. The summed E-state index contributed by atoms with van der Waals surface area (Å²) in [6, 6.07) is 1.51. The van der Waals surface area contributed by atoms with Crippen LogP contribution in [0.1, 0.15) is 14.6 Å². The van der Waals surface area contributed by atoms with Gasteiger partial charge in [0.05, 0.1) is 17.0 Å². The van der Waals surface area contributed by atoms with Crippen LogP contribution in [0.4, 0.5) is 0 Å². The van der Waals surface area contributed by atoms with Crippen molar-refractivity contribution >= 4 is 32.7 Å². The van der Waals surface area contributed by atoms with Crippen molar-refractivity contribution < 1.29 is 13.5 Å². The van der Waals surface area contributed by atoms with Crippen molar-refractivity contribution in [2.75, 3.05) is 0 Å². The van der Waals surface area contributed by atoms with E-state index in [4.69, 9.17) is 5.11 Å². The molecule has 98 valence electrons. The van der Waals surface area contributed by atoms with E-state index in [2.05, 4.69) is 9.71 Å². The number of thiazole rings is 1. The van der Waals surface area contributed by atoms with Gasteiger partial charge in [-0.05, 0) is 13.0 Å². The number of thiophene rings is 1. The maximum absolute atomic E-state index is 12.1. The van der Waals surface area contributed by atoms with Crippen molar-refractivity contribution in [3.05, 3.63) is 32.4 Å². The number of aliphatic hydroxyl groups excluding tert-OH is 1. The molecule has 0 atom stereocenters. The molecule has 0 saturated heterocycles. The number of aryl methyl sites for hydroxylation is 1. The van der Waals surface area contributed by atoms with Gasteiger partial charge in [-0.15, -0.1) is 22.7 Å². The van der Waals surface area contributed by atoms with Gasteiger partial charge in [0.25, 0.3) is 0 Å². The summed E-state index contributed by atoms with van der Waals surface area (Å²) in [5.41, 5.74) is 1.66. The van der Waals surface area contributed by atoms with Crippen LogP contribution in [0.2, 0.25) is 0 Å². The van der Waals surface area contributed by atoms with Gasteiger partial charge >= 0.3 is 0 Å². The van der Waals surface area contributed by atoms with Crippen molar-refractivity contribution in [1.82, 2.24) is 9.71 Å². The number of hydrogen-bond donors (Lipinski definition) is 2. The minimum Gasteiger partial charge on any atom is -0.391 e. The molecule has 0 aliphatic carbocycles. The zero-order chi connectivity index (χ0) is 13.2. The Kier molecular flexibility index (Phi) is 4.13. The van der Waals surface area contributed by atoms with Crippen LogP contribution in [0.3, 0.4) is 0 Å². The number of hydrogen-bond acceptors (Lipinski definition) is 6. The molecular formula is C10H12N2O3S3. The zero-order valence-corrected chi connectivity index (χ0v) is 12.0. The molecule has 0 spiro atoms. The van der Waals surface area contributed by atoms with Gasteiger partial charge in [0, 0.05) is 27.4 Å². The highest BCUT2D eigenvalue weighted by Gasteiger charge is 2.19. The predicted molar refractivity (Wildman–Crippen MR) is 71.1 cm³/mol. The first-order valence-corrected chi connectivity index (χ1v) is 8.28. The van der Waals surface area contributed by atoms with E-state index in [0.717, 1.165) is 4.88 Å². The van der Waals surface area contributed by atoms with Crippen LogP contribution < -0.4 is 4.72 Å². The van der Waals surface area contributed by atoms with Gasteiger partial charge in [0.2, 0.25) is 10.0 Å². The number of nitrogens with zero attached hydrogens (tertiary/aromatic N) is 1. The SMILES string of the molecule is Cc1sc(CO)cc1S(=O)(=O)NCc1cncs1. The first-order chi connectivity index (χ1) is 8.53. The minimum absolute atomic E-state index is 0.143. The van der Waals surface area contributed by atoms with E-state index < -0.39 is 10.0 Å². The van der Waals surface area contributed by atoms with Gasteiger partial charge in [0.1, 0.15) is 0 Å². The third kappa shape index (κ3) is 2.96. The molecule has 18 heavy (non-hydrogen) atoms. The monoisotopic (exact) mass is 304 g/mol. The summed E-state index contributed by atoms with van der Waals surface area (Å²) >= 11 is 2.68. The van der Waals surface area contributed by atoms with E-state index in [9.17, 15) is 8.42 Å². The molecule has 0 bridgehead atoms. The summed E-state index contributed by atoms with van der Waals surface area (Å²) in [4.78, 5) is 6.30. The number of nitrogens with one attached hydrogen (secondary N) is 1. The van der Waals surface area contributed by atoms with Crippen LogP contribution in [0, 0.1) is 6.92 Å². The molecule has 0 aliphatic rings. The van der Waals surface area contributed by atoms with Crippen LogP contribution in [-0.4, -0.2) is 18.5 Å². The van der Waals surface area contributed by atoms with Gasteiger partial charge < -0.3 is 5.11 Å². The van der Waals surface area contributed by atoms with Crippen molar-refractivity contribution in [2.24, 2.45) is 0 Å². The topological polar surface area (TPSA) is 79.3 Å². The Hall–Kier alpha value is -0.800. The number of sulfonamides is 1. The summed E-state index contributed by atoms with van der Waals surface area (Å²) in [5.74, 6) is 0. The second-order valence-corrected chi connectivity index (χ2v) is 7.63. The summed E-state index contributed by atoms with van der Waals surface area (Å²) in [5, 5.41) is 9.01. The van der Waals surface area contributed by atoms with Crippen LogP contribution in [0.25, 0.3) is 0 Å². The lowest BCUT2D eigenvalue weighted by Gasteiger charge is -2.04. The third-order valence-electron chi connectivity index (χ3n) is 2.29. The number of aliphatic hydroxyl groups is 1. The highest BCUT2D eigenvalue weighted by Crippen LogP contribution is 2.25. The average molecular weight is 304 g/mol. The maximum atomic E-state index is 12.1. The molecule has 0 aliphatic heterocycles. The van der Waals surface area contributed by atoms with Gasteiger partial charge in [0.15, 0.2) is 0 Å². The fourth-order valence-electron chi connectivity index (χ4n) is 1.44. The fraction of sp³-hybridized carbons (Fsp3) is 0.300. The number of rotatable bonds is 5. The van der Waals surface area contributed by atoms with E-state index in [-0.39, 0.29) is 18.0 Å². The maximum Gasteiger partial charge on any atom is 0.242 e. The Labute approximate surface area is 113 Å². The number of aromatic nitrogens is 1. The van der Waals surface area contributed by atoms with Crippen molar-refractivity contribution in [3.8, 4) is 0 Å². The molecule has 2 heterocycles. The van der Waals surface area contributed by atoms with Crippen molar-refractivity contribution in [3.63, 3.8) is 0 Å². The van der Waals surface area contributed by atoms with E-state index in [1.165, 1.54) is 28.7 Å². The van der Waals surface area contributed by atoms with Crippen LogP contribution >= 0.6 is 22.7 Å². The van der Waals surface area contributed by atoms with E-state index in [0.29, 0.717) is 9.75 Å². The second kappa shape index (κ2) is 5.45. The van der Waals surface area contributed by atoms with E-state index >= 15 is 0 Å². The van der Waals surface area contributed by atoms with E-state index in [1.807, 2.05) is 0 Å². The zero-order valence-electron chi connectivity index (χ0n) is 9.58.